The van der Waals surface area contributed by atoms with Crippen molar-refractivity contribution < 1.29 is 19.1 Å². The number of carbonyl (C=O) groups excluding carboxylic acids is 3. The number of thiocarbonyl (C=S) groups is 1. The van der Waals surface area contributed by atoms with Crippen molar-refractivity contribution in [2.24, 2.45) is 4.99 Å². The van der Waals surface area contributed by atoms with Crippen LogP contribution in [0.5, 0.6) is 5.75 Å². The molecule has 0 aromatic heterocycles. The summed E-state index contributed by atoms with van der Waals surface area (Å²) in [5, 5.41) is 0.676. The van der Waals surface area contributed by atoms with Crippen molar-refractivity contribution in [3.05, 3.63) is 75.0 Å². The lowest BCUT2D eigenvalue weighted by Crippen LogP contribution is -2.49. The number of amidine groups is 1. The third kappa shape index (κ3) is 7.14. The highest BCUT2D eigenvalue weighted by molar-refractivity contribution is 8.26. The number of nitrogens with zero attached hydrogens (tertiary/aromatic N) is 4. The number of thioether (sulfide) groups is 2. The number of hydrogen-bond acceptors (Lipinski definition) is 8. The summed E-state index contributed by atoms with van der Waals surface area (Å²) in [4.78, 5) is 49.3. The maximum Gasteiger partial charge on any atom is 0.286 e. The van der Waals surface area contributed by atoms with Gasteiger partial charge in [-0.1, -0.05) is 67.3 Å². The van der Waals surface area contributed by atoms with E-state index in [1.54, 1.807) is 12.0 Å². The van der Waals surface area contributed by atoms with Crippen LogP contribution in [0.1, 0.15) is 36.5 Å². The summed E-state index contributed by atoms with van der Waals surface area (Å²) in [6.45, 7) is 4.87. The molecule has 0 N–H and O–H groups in total. The summed E-state index contributed by atoms with van der Waals surface area (Å²) >= 11 is 8.14. The van der Waals surface area contributed by atoms with Gasteiger partial charge in [-0.3, -0.25) is 19.3 Å². The van der Waals surface area contributed by atoms with E-state index < -0.39 is 0 Å². The Bertz CT molecular complexity index is 1460. The fourth-order valence-corrected chi connectivity index (χ4v) is 7.05. The van der Waals surface area contributed by atoms with Gasteiger partial charge in [-0.15, -0.1) is 0 Å². The van der Waals surface area contributed by atoms with E-state index in [2.05, 4.69) is 28.9 Å². The zero-order chi connectivity index (χ0) is 29.6. The van der Waals surface area contributed by atoms with Crippen LogP contribution in [-0.2, 0) is 20.8 Å². The van der Waals surface area contributed by atoms with Crippen LogP contribution in [0, 0.1) is 0 Å². The van der Waals surface area contributed by atoms with Crippen molar-refractivity contribution >= 4 is 75.1 Å². The second-order valence-electron chi connectivity index (χ2n) is 9.98. The minimum Gasteiger partial charge on any atom is -0.497 e. The molecular weight excluding hydrogens is 589 g/mol. The fourth-order valence-electron chi connectivity index (χ4n) is 4.77. The number of benzene rings is 2. The molecule has 42 heavy (non-hydrogen) atoms. The predicted octanol–water partition coefficient (Wildman–Crippen LogP) is 5.05. The number of aliphatic imine (C=N–C) groups is 1. The van der Waals surface area contributed by atoms with Crippen molar-refractivity contribution in [1.82, 2.24) is 14.7 Å². The molecule has 2 aromatic rings. The highest BCUT2D eigenvalue weighted by atomic mass is 32.2. The summed E-state index contributed by atoms with van der Waals surface area (Å²) in [6.07, 6.45) is 5.57. The highest BCUT2D eigenvalue weighted by Crippen LogP contribution is 2.33. The smallest absolute Gasteiger partial charge is 0.286 e. The Kier molecular flexibility index (Phi) is 9.81. The minimum atomic E-state index is -0.246. The zero-order valence-corrected chi connectivity index (χ0v) is 26.0. The Labute approximate surface area is 259 Å². The fraction of sp³-hybridized carbons (Fsp3) is 0.323. The summed E-state index contributed by atoms with van der Waals surface area (Å²) in [5.74, 6) is 0.470. The Morgan fingerprint density at radius 3 is 2.24 bits per heavy atom. The molecule has 2 aromatic carbocycles. The van der Waals surface area contributed by atoms with Gasteiger partial charge in [0.15, 0.2) is 5.17 Å². The summed E-state index contributed by atoms with van der Waals surface area (Å²) in [7, 11) is 1.62. The summed E-state index contributed by atoms with van der Waals surface area (Å²) in [6, 6.07) is 15.7. The zero-order valence-electron chi connectivity index (χ0n) is 23.6. The number of carbonyl (C=O) groups is 3. The van der Waals surface area contributed by atoms with Crippen LogP contribution in [0.2, 0.25) is 0 Å². The first-order chi connectivity index (χ1) is 20.3. The molecule has 3 aliphatic rings. The van der Waals surface area contributed by atoms with E-state index in [1.807, 2.05) is 53.5 Å². The molecule has 8 nitrogen and oxygen atoms in total. The van der Waals surface area contributed by atoms with E-state index >= 15 is 0 Å². The molecule has 0 radical (unpaired) electrons. The lowest BCUT2D eigenvalue weighted by Gasteiger charge is -2.35. The van der Waals surface area contributed by atoms with Crippen LogP contribution < -0.4 is 4.74 Å². The summed E-state index contributed by atoms with van der Waals surface area (Å²) < 4.78 is 5.72. The second kappa shape index (κ2) is 13.7. The Morgan fingerprint density at radius 2 is 1.60 bits per heavy atom. The normalized spacial score (nSPS) is 19.3. The maximum absolute atomic E-state index is 13.0. The topological polar surface area (TPSA) is 82.5 Å². The SMILES string of the molecule is CCc1ccc(/C=C2\SC(=S)N(CCCC(=O)N3CCN(C4=NC(=O)/C(=C/c5ccc(OC)cc5)S4)CC3)C2=O)cc1. The molecule has 2 saturated heterocycles. The highest BCUT2D eigenvalue weighted by Gasteiger charge is 2.32. The van der Waals surface area contributed by atoms with Gasteiger partial charge in [0.2, 0.25) is 5.91 Å². The molecule has 0 aliphatic carbocycles. The van der Waals surface area contributed by atoms with Gasteiger partial charge < -0.3 is 14.5 Å². The summed E-state index contributed by atoms with van der Waals surface area (Å²) in [5.41, 5.74) is 3.12. The van der Waals surface area contributed by atoms with E-state index in [1.165, 1.54) is 29.1 Å². The Balaban J connectivity index is 1.07. The van der Waals surface area contributed by atoms with Crippen molar-refractivity contribution in [3.63, 3.8) is 0 Å². The number of rotatable bonds is 8. The van der Waals surface area contributed by atoms with Crippen LogP contribution in [0.4, 0.5) is 0 Å². The van der Waals surface area contributed by atoms with Crippen LogP contribution in [-0.4, -0.2) is 81.7 Å². The lowest BCUT2D eigenvalue weighted by molar-refractivity contribution is -0.133. The van der Waals surface area contributed by atoms with Gasteiger partial charge in [0, 0.05) is 39.1 Å². The number of amides is 3. The molecule has 0 atom stereocenters. The molecule has 0 spiro atoms. The van der Waals surface area contributed by atoms with E-state index in [-0.39, 0.29) is 17.7 Å². The van der Waals surface area contributed by atoms with Gasteiger partial charge in [0.05, 0.1) is 16.9 Å². The van der Waals surface area contributed by atoms with Crippen LogP contribution in [0.15, 0.2) is 63.3 Å². The molecule has 0 unspecified atom stereocenters. The number of piperazine rings is 1. The molecule has 0 saturated carbocycles. The third-order valence-corrected chi connectivity index (χ3v) is 9.68. The first kappa shape index (κ1) is 30.1. The number of ether oxygens (including phenoxy) is 1. The Morgan fingerprint density at radius 1 is 0.952 bits per heavy atom. The molecule has 0 bridgehead atoms. The molecule has 3 aliphatic heterocycles. The van der Waals surface area contributed by atoms with Crippen LogP contribution in [0.3, 0.4) is 0 Å². The molecular formula is C31H32N4O4S3. The molecule has 3 amide bonds. The largest absolute Gasteiger partial charge is 0.497 e. The predicted molar refractivity (Wildman–Crippen MR) is 174 cm³/mol. The first-order valence-corrected chi connectivity index (χ1v) is 15.9. The van der Waals surface area contributed by atoms with Gasteiger partial charge in [-0.2, -0.15) is 4.99 Å². The van der Waals surface area contributed by atoms with Crippen molar-refractivity contribution in [2.45, 2.75) is 26.2 Å². The number of methoxy groups -OCH3 is 1. The first-order valence-electron chi connectivity index (χ1n) is 13.9. The van der Waals surface area contributed by atoms with Gasteiger partial charge in [-0.25, -0.2) is 0 Å². The van der Waals surface area contributed by atoms with Crippen LogP contribution in [0.25, 0.3) is 12.2 Å². The minimum absolute atomic E-state index is 0.0591. The average molecular weight is 621 g/mol. The molecule has 218 valence electrons. The van der Waals surface area contributed by atoms with E-state index in [9.17, 15) is 14.4 Å². The average Bonchev–Trinajstić information content (AvgIpc) is 3.51. The lowest BCUT2D eigenvalue weighted by atomic mass is 10.1. The van der Waals surface area contributed by atoms with Gasteiger partial charge >= 0.3 is 0 Å². The second-order valence-corrected chi connectivity index (χ2v) is 12.7. The van der Waals surface area contributed by atoms with Crippen molar-refractivity contribution in [2.75, 3.05) is 39.8 Å². The monoisotopic (exact) mass is 620 g/mol. The van der Waals surface area contributed by atoms with Gasteiger partial charge in [0.1, 0.15) is 10.1 Å². The van der Waals surface area contributed by atoms with E-state index in [4.69, 9.17) is 17.0 Å². The third-order valence-electron chi connectivity index (χ3n) is 7.26. The molecule has 3 heterocycles. The standard InChI is InChI=1S/C31H32N4O4S3/c1-3-21-6-8-22(9-7-21)20-26-29(38)35(31(40)42-26)14-4-5-27(36)33-15-17-34(18-16-33)30-32-28(37)25(41-30)19-23-10-12-24(39-2)13-11-23/h6-13,19-20H,3-5,14-18H2,1-2H3/b25-19-,26-20-. The van der Waals surface area contributed by atoms with Gasteiger partial charge in [0.25, 0.3) is 11.8 Å². The van der Waals surface area contributed by atoms with Crippen LogP contribution >= 0.6 is 35.7 Å². The van der Waals surface area contributed by atoms with Gasteiger partial charge in [-0.05, 0) is 65.6 Å². The van der Waals surface area contributed by atoms with E-state index in [0.717, 1.165) is 23.3 Å². The maximum atomic E-state index is 13.0. The van der Waals surface area contributed by atoms with E-state index in [0.29, 0.717) is 64.9 Å². The molecule has 2 fully saturated rings. The number of aryl methyl sites for hydroxylation is 1. The molecule has 5 rings (SSSR count). The molecule has 11 heteroatoms. The quantitative estimate of drug-likeness (QED) is 0.300. The Hall–Kier alpha value is -3.41. The number of hydrogen-bond donors (Lipinski definition) is 0. The van der Waals surface area contributed by atoms with Crippen molar-refractivity contribution in [1.29, 1.82) is 0 Å². The van der Waals surface area contributed by atoms with Crippen molar-refractivity contribution in [3.8, 4) is 5.75 Å².